The Morgan fingerprint density at radius 2 is 1.00 bits per heavy atom. The Bertz CT molecular complexity index is 3540. The molecule has 2 aliphatic heterocycles. The highest BCUT2D eigenvalue weighted by molar-refractivity contribution is 7.89. The van der Waals surface area contributed by atoms with Gasteiger partial charge in [0, 0.05) is 86.2 Å². The summed E-state index contributed by atoms with van der Waals surface area (Å²) in [6.07, 6.45) is -0.204. The minimum atomic E-state index is -4.16. The summed E-state index contributed by atoms with van der Waals surface area (Å²) < 4.78 is 26.7. The number of unbranched alkanes of at least 4 members (excludes halogenated alkanes) is 1. The number of carbonyl (C=O) groups excluding carboxylic acids is 13. The van der Waals surface area contributed by atoms with Crippen LogP contribution in [0.3, 0.4) is 0 Å². The molecule has 31 heteroatoms. The van der Waals surface area contributed by atoms with Gasteiger partial charge in [-0.25, -0.2) is 8.42 Å². The van der Waals surface area contributed by atoms with Gasteiger partial charge in [-0.3, -0.25) is 67.1 Å². The SMILES string of the molecule is CCCCN1CC(=O)N(C)[C@@H](CC(C)C)C(=O)N[C@H](C(=O)N2CCCCC2)CC(=O)N(C)[C@@H](CC(C)C)C(=O)N[C@@H](CC(C)C)C(=O)N(C)[C@@H](CC)C(=O)N(C)[C@@H](Cc2ccccc2)C(=O)N[C@@H](CCC(=O)NS(C)(=O)=O)C(=O)N(C)[C@@H](Cc2cccc(Cl)c2)C(=O)N(C)[C@@H](CC(C)C)C(=O)NC([C@@H](C)O)C1=O. The highest BCUT2D eigenvalue weighted by atomic mass is 35.5. The minimum Gasteiger partial charge on any atom is -0.391 e. The van der Waals surface area contributed by atoms with E-state index >= 15 is 43.2 Å². The number of benzene rings is 2. The zero-order valence-corrected chi connectivity index (χ0v) is 68.3. The van der Waals surface area contributed by atoms with Crippen LogP contribution in [-0.2, 0) is 85.2 Å². The number of aliphatic hydroxyl groups excluding tert-OH is 1. The molecule has 4 rings (SSSR count). The van der Waals surface area contributed by atoms with Gasteiger partial charge in [-0.1, -0.05) is 130 Å². The molecule has 29 nitrogen and oxygen atoms in total. The van der Waals surface area contributed by atoms with Crippen LogP contribution in [0.25, 0.3) is 0 Å². The summed E-state index contributed by atoms with van der Waals surface area (Å²) in [5.74, 6) is -11.8. The Hall–Kier alpha value is -8.25. The van der Waals surface area contributed by atoms with Crippen molar-refractivity contribution >= 4 is 98.4 Å². The van der Waals surface area contributed by atoms with E-state index in [1.165, 1.54) is 59.0 Å². The summed E-state index contributed by atoms with van der Waals surface area (Å²) in [5.41, 5.74) is 0.960. The number of nitrogens with zero attached hydrogens (tertiary/aromatic N) is 8. The Kier molecular flexibility index (Phi) is 36.9. The van der Waals surface area contributed by atoms with Crippen molar-refractivity contribution in [3.05, 3.63) is 70.7 Å². The molecule has 2 heterocycles. The van der Waals surface area contributed by atoms with Crippen molar-refractivity contribution in [3.63, 3.8) is 0 Å². The third kappa shape index (κ3) is 27.7. The quantitative estimate of drug-likeness (QED) is 0.0973. The number of aliphatic hydroxyl groups is 1. The third-order valence-corrected chi connectivity index (χ3v) is 20.7. The van der Waals surface area contributed by atoms with E-state index in [0.717, 1.165) is 37.2 Å². The lowest BCUT2D eigenvalue weighted by molar-refractivity contribution is -0.151. The molecule has 0 spiro atoms. The second kappa shape index (κ2) is 43.2. The Labute approximate surface area is 644 Å². The van der Waals surface area contributed by atoms with Gasteiger partial charge in [-0.15, -0.1) is 0 Å². The largest absolute Gasteiger partial charge is 0.391 e. The number of likely N-dealkylation sites (N-methyl/N-ethyl adjacent to an activating group) is 6. The highest BCUT2D eigenvalue weighted by Gasteiger charge is 2.44. The summed E-state index contributed by atoms with van der Waals surface area (Å²) in [6, 6.07) is 0.175. The van der Waals surface area contributed by atoms with Crippen molar-refractivity contribution in [2.24, 2.45) is 23.7 Å². The molecular formula is C77H122ClN13O16S. The van der Waals surface area contributed by atoms with Crippen LogP contribution in [-0.4, -0.2) is 271 Å². The van der Waals surface area contributed by atoms with E-state index in [1.54, 1.807) is 80.3 Å². The first kappa shape index (κ1) is 92.1. The molecule has 2 aliphatic rings. The number of amides is 13. The Balaban J connectivity index is 2.07. The maximum absolute atomic E-state index is 15.7. The average molecular weight is 1550 g/mol. The molecule has 1 unspecified atom stereocenters. The van der Waals surface area contributed by atoms with E-state index in [9.17, 15) is 32.7 Å². The first-order chi connectivity index (χ1) is 50.5. The molecule has 2 aromatic rings. The zero-order chi connectivity index (χ0) is 81.4. The van der Waals surface area contributed by atoms with Crippen molar-refractivity contribution in [2.75, 3.05) is 74.7 Å². The van der Waals surface area contributed by atoms with Crippen LogP contribution < -0.4 is 26.0 Å². The minimum absolute atomic E-state index is 0.0340. The lowest BCUT2D eigenvalue weighted by Gasteiger charge is -2.38. The van der Waals surface area contributed by atoms with Gasteiger partial charge in [0.1, 0.15) is 60.4 Å². The second-order valence-electron chi connectivity index (χ2n) is 30.8. The molecule has 0 saturated carbocycles. The third-order valence-electron chi connectivity index (χ3n) is 19.8. The van der Waals surface area contributed by atoms with Crippen LogP contribution in [0.1, 0.15) is 171 Å². The molecule has 11 atom stereocenters. The molecule has 0 aromatic heterocycles. The number of halogens is 1. The van der Waals surface area contributed by atoms with Gasteiger partial charge < -0.3 is 65.6 Å². The summed E-state index contributed by atoms with van der Waals surface area (Å²) in [4.78, 5) is 205. The fourth-order valence-electron chi connectivity index (χ4n) is 13.6. The molecule has 2 fully saturated rings. The van der Waals surface area contributed by atoms with E-state index < -0.39 is 179 Å². The second-order valence-corrected chi connectivity index (χ2v) is 33.0. The summed E-state index contributed by atoms with van der Waals surface area (Å²) in [5, 5.41) is 22.9. The maximum atomic E-state index is 15.7. The topological polar surface area (TPSA) is 362 Å². The van der Waals surface area contributed by atoms with Crippen LogP contribution in [0.2, 0.25) is 5.02 Å². The Morgan fingerprint density at radius 3 is 1.53 bits per heavy atom. The van der Waals surface area contributed by atoms with E-state index in [1.807, 2.05) is 53.2 Å². The van der Waals surface area contributed by atoms with Crippen LogP contribution in [0.5, 0.6) is 0 Å². The van der Waals surface area contributed by atoms with E-state index in [2.05, 4.69) is 21.3 Å². The van der Waals surface area contributed by atoms with Gasteiger partial charge in [0.2, 0.25) is 86.8 Å². The van der Waals surface area contributed by atoms with Crippen molar-refractivity contribution in [2.45, 2.75) is 239 Å². The average Bonchev–Trinajstić information content (AvgIpc) is 0.808. The molecular weight excluding hydrogens is 1430 g/mol. The summed E-state index contributed by atoms with van der Waals surface area (Å²) in [7, 11) is 3.90. The van der Waals surface area contributed by atoms with Gasteiger partial charge in [0.15, 0.2) is 0 Å². The molecule has 604 valence electrons. The van der Waals surface area contributed by atoms with Crippen LogP contribution in [0, 0.1) is 23.7 Å². The monoisotopic (exact) mass is 1550 g/mol. The van der Waals surface area contributed by atoms with Crippen molar-refractivity contribution in [1.82, 2.24) is 65.2 Å². The van der Waals surface area contributed by atoms with Crippen LogP contribution in [0.15, 0.2) is 54.6 Å². The fraction of sp³-hybridized carbons (Fsp3) is 0.675. The zero-order valence-electron chi connectivity index (χ0n) is 66.7. The number of carbonyl (C=O) groups is 13. The molecule has 2 aromatic carbocycles. The lowest BCUT2D eigenvalue weighted by atomic mass is 9.97. The standard InChI is InChI=1S/C77H122ClN13O16S/c1-19-21-35-91-46-66(95)85(13)60(40-49(7)8)69(97)81-57(74(102)90-36-26-23-27-37-90)45-65(94)84(12)59(39-48(5)6)68(96)80-56(38-47(3)4)73(101)86(14)58(20-2)75(103)88(16)62(43-52-29-24-22-25-30-52)70(98)79-55(33-34-64(93)83-108(18,106)107)72(100)89(17)63(44-53-31-28-32-54(78)42-53)76(104)87(15)61(41-50(9)10)71(99)82-67(51(11)92)77(91)105/h22,24-25,28-32,42,47-51,55-63,67,92H,19-21,23,26-27,33-41,43-46H2,1-18H3,(H,79,98)(H,80,96)(H,81,97)(H,82,99)(H,83,93)/t51-,55+,56+,57+,58+,59+,60+,61+,62+,63+,67?/m1/s1. The highest BCUT2D eigenvalue weighted by Crippen LogP contribution is 2.25. The molecule has 0 radical (unpaired) electrons. The Morgan fingerprint density at radius 1 is 0.537 bits per heavy atom. The maximum Gasteiger partial charge on any atom is 0.248 e. The van der Waals surface area contributed by atoms with Gasteiger partial charge >= 0.3 is 0 Å². The van der Waals surface area contributed by atoms with Crippen LogP contribution in [0.4, 0.5) is 0 Å². The van der Waals surface area contributed by atoms with Gasteiger partial charge in [-0.2, -0.15) is 0 Å². The lowest BCUT2D eigenvalue weighted by Crippen LogP contribution is -2.62. The molecule has 0 bridgehead atoms. The number of hydrogen-bond acceptors (Lipinski definition) is 16. The predicted molar refractivity (Wildman–Crippen MR) is 411 cm³/mol. The number of likely N-dealkylation sites (tertiary alicyclic amines) is 1. The molecule has 2 saturated heterocycles. The number of rotatable bonds is 22. The van der Waals surface area contributed by atoms with Crippen molar-refractivity contribution in [3.8, 4) is 0 Å². The van der Waals surface area contributed by atoms with Gasteiger partial charge in [0.25, 0.3) is 0 Å². The van der Waals surface area contributed by atoms with Crippen LogP contribution >= 0.6 is 11.6 Å². The first-order valence-corrected chi connectivity index (χ1v) is 40.1. The summed E-state index contributed by atoms with van der Waals surface area (Å²) in [6.45, 7) is 19.2. The van der Waals surface area contributed by atoms with E-state index in [0.29, 0.717) is 49.9 Å². The van der Waals surface area contributed by atoms with Crippen molar-refractivity contribution < 1.29 is 75.9 Å². The number of piperidine rings is 1. The fourth-order valence-corrected chi connectivity index (χ4v) is 14.3. The summed E-state index contributed by atoms with van der Waals surface area (Å²) >= 11 is 6.53. The predicted octanol–water partition coefficient (Wildman–Crippen LogP) is 3.90. The molecule has 108 heavy (non-hydrogen) atoms. The normalized spacial score (nSPS) is 24.2. The van der Waals surface area contributed by atoms with E-state index in [4.69, 9.17) is 11.6 Å². The first-order valence-electron chi connectivity index (χ1n) is 37.9. The number of hydrogen-bond donors (Lipinski definition) is 6. The van der Waals surface area contributed by atoms with Gasteiger partial charge in [0.05, 0.1) is 25.3 Å². The molecule has 6 N–H and O–H groups in total. The smallest absolute Gasteiger partial charge is 0.248 e. The molecule has 13 amide bonds. The van der Waals surface area contributed by atoms with E-state index in [-0.39, 0.29) is 80.2 Å². The van der Waals surface area contributed by atoms with Gasteiger partial charge in [-0.05, 0) is 118 Å². The number of sulfonamides is 1. The molecule has 0 aliphatic carbocycles. The van der Waals surface area contributed by atoms with Crippen molar-refractivity contribution in [1.29, 1.82) is 0 Å². The number of nitrogens with one attached hydrogen (secondary N) is 5.